The summed E-state index contributed by atoms with van der Waals surface area (Å²) in [4.78, 5) is 7.38. The van der Waals surface area contributed by atoms with E-state index in [0.717, 1.165) is 36.3 Å². The Kier molecular flexibility index (Phi) is 3.20. The zero-order valence-electron chi connectivity index (χ0n) is 10.5. The molecular formula is C14H19N3S. The minimum Gasteiger partial charge on any atom is -0.389 e. The third-order valence-corrected chi connectivity index (χ3v) is 3.92. The maximum atomic E-state index is 5.81. The summed E-state index contributed by atoms with van der Waals surface area (Å²) in [7, 11) is 0. The summed E-state index contributed by atoms with van der Waals surface area (Å²) in [5.74, 6) is 2.69. The van der Waals surface area contributed by atoms with Crippen LogP contribution in [-0.2, 0) is 0 Å². The highest BCUT2D eigenvalue weighted by atomic mass is 32.1. The van der Waals surface area contributed by atoms with Gasteiger partial charge >= 0.3 is 0 Å². The first-order chi connectivity index (χ1) is 8.74. The summed E-state index contributed by atoms with van der Waals surface area (Å²) in [6.07, 6.45) is 7.27. The minimum atomic E-state index is 0.453. The molecule has 0 saturated heterocycles. The maximum absolute atomic E-state index is 5.81. The number of hydrogen-bond donors (Lipinski definition) is 1. The van der Waals surface area contributed by atoms with Crippen LogP contribution in [0.3, 0.4) is 0 Å². The van der Waals surface area contributed by atoms with Gasteiger partial charge in [-0.05, 0) is 49.7 Å². The molecule has 2 fully saturated rings. The molecule has 96 valence electrons. The lowest BCUT2D eigenvalue weighted by Gasteiger charge is -2.25. The lowest BCUT2D eigenvalue weighted by molar-refractivity contribution is 0.671. The average molecular weight is 261 g/mol. The standard InChI is InChI=1S/C14H19N3S/c15-13(18)12-2-1-7-16-14(12)17(8-10-3-4-10)9-11-5-6-11/h1-2,7,10-11H,3-6,8-9H2,(H2,15,18). The van der Waals surface area contributed by atoms with E-state index in [1.807, 2.05) is 18.3 Å². The molecule has 0 aromatic carbocycles. The molecule has 0 radical (unpaired) electrons. The lowest BCUT2D eigenvalue weighted by atomic mass is 10.2. The summed E-state index contributed by atoms with van der Waals surface area (Å²) in [5, 5.41) is 0. The van der Waals surface area contributed by atoms with Gasteiger partial charge in [-0.15, -0.1) is 0 Å². The zero-order chi connectivity index (χ0) is 12.5. The van der Waals surface area contributed by atoms with Crippen LogP contribution in [0.25, 0.3) is 0 Å². The van der Waals surface area contributed by atoms with Crippen molar-refractivity contribution in [1.29, 1.82) is 0 Å². The first-order valence-corrected chi connectivity index (χ1v) is 7.14. The van der Waals surface area contributed by atoms with Gasteiger partial charge < -0.3 is 10.6 Å². The Hall–Kier alpha value is -1.16. The second kappa shape index (κ2) is 4.84. The van der Waals surface area contributed by atoms with Crippen molar-refractivity contribution < 1.29 is 0 Å². The van der Waals surface area contributed by atoms with E-state index < -0.39 is 0 Å². The molecule has 18 heavy (non-hydrogen) atoms. The molecule has 2 aliphatic rings. The second-order valence-corrected chi connectivity index (χ2v) is 5.97. The first kappa shape index (κ1) is 11.9. The highest BCUT2D eigenvalue weighted by molar-refractivity contribution is 7.80. The fourth-order valence-corrected chi connectivity index (χ4v) is 2.47. The molecule has 1 heterocycles. The second-order valence-electron chi connectivity index (χ2n) is 5.53. The molecule has 1 aromatic heterocycles. The van der Waals surface area contributed by atoms with Crippen LogP contribution in [0.15, 0.2) is 18.3 Å². The molecule has 0 amide bonds. The predicted molar refractivity (Wildman–Crippen MR) is 77.8 cm³/mol. The minimum absolute atomic E-state index is 0.453. The molecule has 0 atom stereocenters. The number of rotatable bonds is 6. The lowest BCUT2D eigenvalue weighted by Crippen LogP contribution is -2.31. The van der Waals surface area contributed by atoms with Gasteiger partial charge in [-0.3, -0.25) is 0 Å². The Morgan fingerprint density at radius 1 is 1.28 bits per heavy atom. The van der Waals surface area contributed by atoms with Crippen molar-refractivity contribution in [2.45, 2.75) is 25.7 Å². The smallest absolute Gasteiger partial charge is 0.138 e. The van der Waals surface area contributed by atoms with Crippen molar-refractivity contribution in [1.82, 2.24) is 4.98 Å². The third kappa shape index (κ3) is 2.80. The van der Waals surface area contributed by atoms with Crippen LogP contribution >= 0.6 is 12.2 Å². The van der Waals surface area contributed by atoms with Crippen molar-refractivity contribution in [2.24, 2.45) is 17.6 Å². The van der Waals surface area contributed by atoms with Gasteiger partial charge in [-0.25, -0.2) is 4.98 Å². The molecule has 2 aliphatic carbocycles. The van der Waals surface area contributed by atoms with Crippen molar-refractivity contribution in [2.75, 3.05) is 18.0 Å². The normalized spacial score (nSPS) is 18.7. The topological polar surface area (TPSA) is 42.1 Å². The number of thiocarbonyl (C=S) groups is 1. The van der Waals surface area contributed by atoms with Crippen molar-refractivity contribution in [3.63, 3.8) is 0 Å². The Morgan fingerprint density at radius 2 is 1.89 bits per heavy atom. The number of pyridine rings is 1. The number of anilines is 1. The van der Waals surface area contributed by atoms with Crippen molar-refractivity contribution >= 4 is 23.0 Å². The Labute approximate surface area is 113 Å². The third-order valence-electron chi connectivity index (χ3n) is 3.70. The Balaban J connectivity index is 1.84. The fourth-order valence-electron chi connectivity index (χ4n) is 2.31. The van der Waals surface area contributed by atoms with Gasteiger partial charge in [0.2, 0.25) is 0 Å². The van der Waals surface area contributed by atoms with Crippen LogP contribution in [0.5, 0.6) is 0 Å². The Morgan fingerprint density at radius 3 is 2.39 bits per heavy atom. The van der Waals surface area contributed by atoms with Gasteiger partial charge in [-0.2, -0.15) is 0 Å². The maximum Gasteiger partial charge on any atom is 0.138 e. The highest BCUT2D eigenvalue weighted by Gasteiger charge is 2.30. The van der Waals surface area contributed by atoms with Gasteiger partial charge in [0.05, 0.1) is 5.56 Å². The quantitative estimate of drug-likeness (QED) is 0.798. The highest BCUT2D eigenvalue weighted by Crippen LogP contribution is 2.35. The molecule has 0 spiro atoms. The number of nitrogens with zero attached hydrogens (tertiary/aromatic N) is 2. The van der Waals surface area contributed by atoms with Gasteiger partial charge in [-0.1, -0.05) is 12.2 Å². The van der Waals surface area contributed by atoms with E-state index in [0.29, 0.717) is 4.99 Å². The molecule has 0 bridgehead atoms. The van der Waals surface area contributed by atoms with Gasteiger partial charge in [0.25, 0.3) is 0 Å². The fraction of sp³-hybridized carbons (Fsp3) is 0.571. The molecule has 0 unspecified atom stereocenters. The van der Waals surface area contributed by atoms with Crippen LogP contribution in [0.1, 0.15) is 31.2 Å². The van der Waals surface area contributed by atoms with E-state index in [2.05, 4.69) is 9.88 Å². The summed E-state index contributed by atoms with van der Waals surface area (Å²) >= 11 is 5.14. The molecule has 3 rings (SSSR count). The van der Waals surface area contributed by atoms with Crippen molar-refractivity contribution in [3.05, 3.63) is 23.9 Å². The first-order valence-electron chi connectivity index (χ1n) is 6.74. The van der Waals surface area contributed by atoms with Crippen LogP contribution < -0.4 is 10.6 Å². The summed E-state index contributed by atoms with van der Waals surface area (Å²) in [6.45, 7) is 2.23. The van der Waals surface area contributed by atoms with Gasteiger partial charge in [0.1, 0.15) is 10.8 Å². The SMILES string of the molecule is NC(=S)c1cccnc1N(CC1CC1)CC1CC1. The number of nitrogens with two attached hydrogens (primary N) is 1. The average Bonchev–Trinajstić information content (AvgIpc) is 3.23. The van der Waals surface area contributed by atoms with E-state index in [4.69, 9.17) is 18.0 Å². The van der Waals surface area contributed by atoms with E-state index in [9.17, 15) is 0 Å². The van der Waals surface area contributed by atoms with E-state index in [-0.39, 0.29) is 0 Å². The van der Waals surface area contributed by atoms with Crippen LogP contribution in [0.2, 0.25) is 0 Å². The molecule has 0 aliphatic heterocycles. The molecule has 2 N–H and O–H groups in total. The van der Waals surface area contributed by atoms with Crippen LogP contribution in [-0.4, -0.2) is 23.1 Å². The van der Waals surface area contributed by atoms with Crippen LogP contribution in [0.4, 0.5) is 5.82 Å². The molecule has 2 saturated carbocycles. The molecule has 3 nitrogen and oxygen atoms in total. The van der Waals surface area contributed by atoms with Gasteiger partial charge in [0.15, 0.2) is 0 Å². The molecule has 1 aromatic rings. The van der Waals surface area contributed by atoms with E-state index >= 15 is 0 Å². The number of aromatic nitrogens is 1. The summed E-state index contributed by atoms with van der Waals surface area (Å²) < 4.78 is 0. The van der Waals surface area contributed by atoms with Crippen molar-refractivity contribution in [3.8, 4) is 0 Å². The number of hydrogen-bond acceptors (Lipinski definition) is 3. The predicted octanol–water partition coefficient (Wildman–Crippen LogP) is 2.34. The van der Waals surface area contributed by atoms with Gasteiger partial charge in [0, 0.05) is 19.3 Å². The Bertz CT molecular complexity index is 438. The summed E-state index contributed by atoms with van der Waals surface area (Å²) in [5.41, 5.74) is 6.73. The molecular weight excluding hydrogens is 242 g/mol. The van der Waals surface area contributed by atoms with Crippen LogP contribution in [0, 0.1) is 11.8 Å². The van der Waals surface area contributed by atoms with E-state index in [1.54, 1.807) is 0 Å². The largest absolute Gasteiger partial charge is 0.389 e. The molecule has 4 heteroatoms. The summed E-state index contributed by atoms with van der Waals surface area (Å²) in [6, 6.07) is 3.89. The monoisotopic (exact) mass is 261 g/mol. The zero-order valence-corrected chi connectivity index (χ0v) is 11.3. The van der Waals surface area contributed by atoms with E-state index in [1.165, 1.54) is 25.7 Å².